The predicted molar refractivity (Wildman–Crippen MR) is 116 cm³/mol. The molecule has 0 aliphatic carbocycles. The van der Waals surface area contributed by atoms with Crippen molar-refractivity contribution in [1.29, 1.82) is 0 Å². The lowest BCUT2D eigenvalue weighted by atomic mass is 10.1. The Kier molecular flexibility index (Phi) is 5.43. The summed E-state index contributed by atoms with van der Waals surface area (Å²) in [7, 11) is 1.57. The van der Waals surface area contributed by atoms with Gasteiger partial charge in [0.2, 0.25) is 5.91 Å². The first kappa shape index (κ1) is 19.2. The van der Waals surface area contributed by atoms with E-state index >= 15 is 0 Å². The highest BCUT2D eigenvalue weighted by atomic mass is 16.5. The Balaban J connectivity index is 1.49. The molecule has 0 atom stereocenters. The molecule has 3 N–H and O–H groups in total. The van der Waals surface area contributed by atoms with Crippen molar-refractivity contribution in [3.05, 3.63) is 83.9 Å². The summed E-state index contributed by atoms with van der Waals surface area (Å²) in [6, 6.07) is 21.7. The van der Waals surface area contributed by atoms with Crippen molar-refractivity contribution < 1.29 is 14.3 Å². The van der Waals surface area contributed by atoms with E-state index in [4.69, 9.17) is 4.74 Å². The van der Waals surface area contributed by atoms with Crippen molar-refractivity contribution in [2.24, 2.45) is 0 Å². The Bertz CT molecular complexity index is 1180. The molecule has 30 heavy (non-hydrogen) atoms. The number of nitrogens with zero attached hydrogens (tertiary/aromatic N) is 1. The molecule has 0 unspecified atom stereocenters. The number of anilines is 2. The number of aromatic amines is 1. The molecule has 0 radical (unpaired) electrons. The molecule has 1 heterocycles. The van der Waals surface area contributed by atoms with Gasteiger partial charge in [0.1, 0.15) is 5.75 Å². The summed E-state index contributed by atoms with van der Waals surface area (Å²) in [5, 5.41) is 13.5. The highest BCUT2D eigenvalue weighted by Crippen LogP contribution is 2.25. The molecule has 3 aromatic carbocycles. The lowest BCUT2D eigenvalue weighted by Gasteiger charge is -2.07. The monoisotopic (exact) mass is 400 g/mol. The topological polar surface area (TPSA) is 96.1 Å². The Labute approximate surface area is 173 Å². The summed E-state index contributed by atoms with van der Waals surface area (Å²) in [5.41, 5.74) is 2.79. The fourth-order valence-electron chi connectivity index (χ4n) is 3.09. The van der Waals surface area contributed by atoms with Crippen molar-refractivity contribution >= 4 is 34.2 Å². The van der Waals surface area contributed by atoms with E-state index in [0.717, 1.165) is 11.1 Å². The minimum absolute atomic E-state index is 0.165. The smallest absolute Gasteiger partial charge is 0.255 e. The fraction of sp³-hybridized carbons (Fsp3) is 0.0870. The van der Waals surface area contributed by atoms with E-state index in [1.807, 2.05) is 30.3 Å². The molecule has 4 aromatic rings. The van der Waals surface area contributed by atoms with Crippen LogP contribution in [-0.4, -0.2) is 29.1 Å². The van der Waals surface area contributed by atoms with Crippen LogP contribution in [0.25, 0.3) is 10.9 Å². The molecule has 1 aromatic heterocycles. The lowest BCUT2D eigenvalue weighted by Crippen LogP contribution is -2.15. The second-order valence-electron chi connectivity index (χ2n) is 6.73. The maximum Gasteiger partial charge on any atom is 0.255 e. The van der Waals surface area contributed by atoms with Gasteiger partial charge in [-0.05, 0) is 48.0 Å². The van der Waals surface area contributed by atoms with Crippen LogP contribution >= 0.6 is 0 Å². The number of nitrogens with one attached hydrogen (secondary N) is 3. The molecule has 0 fully saturated rings. The third-order valence-electron chi connectivity index (χ3n) is 4.64. The molecule has 2 amide bonds. The third kappa shape index (κ3) is 4.30. The van der Waals surface area contributed by atoms with Crippen LogP contribution in [0, 0.1) is 0 Å². The molecule has 0 saturated carbocycles. The number of H-pyrrole nitrogens is 1. The molecular weight excluding hydrogens is 380 g/mol. The predicted octanol–water partition coefficient (Wildman–Crippen LogP) is 4.01. The normalized spacial score (nSPS) is 10.6. The Morgan fingerprint density at radius 1 is 0.967 bits per heavy atom. The number of aromatic nitrogens is 2. The highest BCUT2D eigenvalue weighted by Gasteiger charge is 2.12. The van der Waals surface area contributed by atoms with Crippen LogP contribution in [0.3, 0.4) is 0 Å². The molecule has 0 bridgehead atoms. The second-order valence-corrected chi connectivity index (χ2v) is 6.73. The first-order valence-corrected chi connectivity index (χ1v) is 9.40. The number of fused-ring (bicyclic) bond motifs is 1. The van der Waals surface area contributed by atoms with E-state index < -0.39 is 0 Å². The third-order valence-corrected chi connectivity index (χ3v) is 4.64. The first-order valence-electron chi connectivity index (χ1n) is 9.40. The van der Waals surface area contributed by atoms with Gasteiger partial charge in [0.05, 0.1) is 19.0 Å². The van der Waals surface area contributed by atoms with Crippen molar-refractivity contribution in [3.8, 4) is 5.75 Å². The number of hydrogen-bond donors (Lipinski definition) is 3. The van der Waals surface area contributed by atoms with Crippen LogP contribution in [0.5, 0.6) is 5.75 Å². The molecule has 7 heteroatoms. The van der Waals surface area contributed by atoms with Crippen LogP contribution in [0.1, 0.15) is 15.9 Å². The Morgan fingerprint density at radius 2 is 1.73 bits per heavy atom. The second kappa shape index (κ2) is 8.48. The number of methoxy groups -OCH3 is 1. The Morgan fingerprint density at radius 3 is 2.47 bits per heavy atom. The molecule has 0 spiro atoms. The molecular formula is C23H20N4O3. The molecule has 4 rings (SSSR count). The number of amides is 2. The van der Waals surface area contributed by atoms with Gasteiger partial charge >= 0.3 is 0 Å². The largest absolute Gasteiger partial charge is 0.497 e. The van der Waals surface area contributed by atoms with Gasteiger partial charge in [0.15, 0.2) is 5.82 Å². The summed E-state index contributed by atoms with van der Waals surface area (Å²) in [5.74, 6) is 0.700. The van der Waals surface area contributed by atoms with E-state index in [1.165, 1.54) is 0 Å². The van der Waals surface area contributed by atoms with Crippen LogP contribution < -0.4 is 15.4 Å². The number of ether oxygens (including phenoxy) is 1. The van der Waals surface area contributed by atoms with E-state index in [1.54, 1.807) is 49.6 Å². The summed E-state index contributed by atoms with van der Waals surface area (Å²) >= 11 is 0. The van der Waals surface area contributed by atoms with Crippen molar-refractivity contribution in [3.63, 3.8) is 0 Å². The molecule has 150 valence electrons. The molecule has 0 aliphatic rings. The number of hydrogen-bond acceptors (Lipinski definition) is 4. The summed E-state index contributed by atoms with van der Waals surface area (Å²) < 4.78 is 5.11. The zero-order valence-corrected chi connectivity index (χ0v) is 16.3. The van der Waals surface area contributed by atoms with Gasteiger partial charge in [-0.15, -0.1) is 0 Å². The number of benzene rings is 3. The maximum atomic E-state index is 12.5. The van der Waals surface area contributed by atoms with E-state index in [-0.39, 0.29) is 18.2 Å². The van der Waals surface area contributed by atoms with Crippen molar-refractivity contribution in [1.82, 2.24) is 10.2 Å². The zero-order chi connectivity index (χ0) is 20.9. The van der Waals surface area contributed by atoms with Gasteiger partial charge in [-0.25, -0.2) is 0 Å². The molecule has 0 saturated heterocycles. The first-order chi connectivity index (χ1) is 14.6. The minimum atomic E-state index is -0.241. The van der Waals surface area contributed by atoms with Crippen molar-refractivity contribution in [2.75, 3.05) is 17.7 Å². The van der Waals surface area contributed by atoms with Crippen LogP contribution in [-0.2, 0) is 11.2 Å². The van der Waals surface area contributed by atoms with Gasteiger partial charge in [-0.1, -0.05) is 30.3 Å². The van der Waals surface area contributed by atoms with Gasteiger partial charge in [-0.3, -0.25) is 14.7 Å². The maximum absolute atomic E-state index is 12.5. The average molecular weight is 400 g/mol. The standard InChI is InChI=1S/C23H20N4O3/c1-30-18-10-7-16(8-11-18)23(29)24-17-9-12-20-19(14-17)22(27-26-20)25-21(28)13-15-5-3-2-4-6-15/h2-12,14H,13H2,1H3,(H,24,29)(H2,25,26,27,28). The average Bonchev–Trinajstić information content (AvgIpc) is 3.16. The van der Waals surface area contributed by atoms with Gasteiger partial charge < -0.3 is 15.4 Å². The number of carbonyl (C=O) groups is 2. The fourth-order valence-corrected chi connectivity index (χ4v) is 3.09. The molecule has 7 nitrogen and oxygen atoms in total. The molecule has 0 aliphatic heterocycles. The van der Waals surface area contributed by atoms with Crippen LogP contribution in [0.2, 0.25) is 0 Å². The Hall–Kier alpha value is -4.13. The number of rotatable bonds is 6. The number of carbonyl (C=O) groups excluding carboxylic acids is 2. The van der Waals surface area contributed by atoms with Crippen molar-refractivity contribution in [2.45, 2.75) is 6.42 Å². The van der Waals surface area contributed by atoms with Crippen LogP contribution in [0.15, 0.2) is 72.8 Å². The SMILES string of the molecule is COc1ccc(C(=O)Nc2ccc3[nH]nc(NC(=O)Cc4ccccc4)c3c2)cc1. The van der Waals surface area contributed by atoms with E-state index in [0.29, 0.717) is 28.2 Å². The highest BCUT2D eigenvalue weighted by molar-refractivity contribution is 6.06. The minimum Gasteiger partial charge on any atom is -0.497 e. The summed E-state index contributed by atoms with van der Waals surface area (Å²) in [4.78, 5) is 24.9. The summed E-state index contributed by atoms with van der Waals surface area (Å²) in [6.45, 7) is 0. The quantitative estimate of drug-likeness (QED) is 0.456. The van der Waals surface area contributed by atoms with E-state index in [2.05, 4.69) is 20.8 Å². The van der Waals surface area contributed by atoms with Gasteiger partial charge in [0.25, 0.3) is 5.91 Å². The van der Waals surface area contributed by atoms with Crippen LogP contribution in [0.4, 0.5) is 11.5 Å². The zero-order valence-electron chi connectivity index (χ0n) is 16.3. The van der Waals surface area contributed by atoms with Gasteiger partial charge in [0, 0.05) is 16.6 Å². The lowest BCUT2D eigenvalue weighted by molar-refractivity contribution is -0.115. The van der Waals surface area contributed by atoms with E-state index in [9.17, 15) is 9.59 Å². The summed E-state index contributed by atoms with van der Waals surface area (Å²) in [6.07, 6.45) is 0.253. The van der Waals surface area contributed by atoms with Gasteiger partial charge in [-0.2, -0.15) is 5.10 Å².